The number of nitrogens with one attached hydrogen (secondary N) is 1. The molecule has 4 rings (SSSR count). The number of ketones is 1. The maximum Gasteiger partial charge on any atom is 0.168 e. The van der Waals surface area contributed by atoms with E-state index < -0.39 is 0 Å². The maximum atomic E-state index is 12.8. The number of hydrogen-bond acceptors (Lipinski definition) is 4. The Morgan fingerprint density at radius 3 is 2.48 bits per heavy atom. The molecule has 1 N–H and O–H groups in total. The fourth-order valence-corrected chi connectivity index (χ4v) is 3.58. The number of fused-ring (bicyclic) bond motifs is 1. The van der Waals surface area contributed by atoms with Crippen molar-refractivity contribution in [2.24, 2.45) is 5.92 Å². The van der Waals surface area contributed by atoms with Gasteiger partial charge in [0.15, 0.2) is 11.6 Å². The van der Waals surface area contributed by atoms with Crippen molar-refractivity contribution in [2.45, 2.75) is 19.8 Å². The summed E-state index contributed by atoms with van der Waals surface area (Å²) in [5.74, 6) is 1.78. The SMILES string of the molecule is COc1ccc(Nc2nn(-c3ccc(Cl)cc3)c3c2C(=O)CC(C)C3)cc1. The van der Waals surface area contributed by atoms with Crippen LogP contribution in [0.1, 0.15) is 29.4 Å². The van der Waals surface area contributed by atoms with Crippen molar-refractivity contribution in [1.29, 1.82) is 0 Å². The van der Waals surface area contributed by atoms with E-state index in [1.165, 1.54) is 0 Å². The molecule has 0 radical (unpaired) electrons. The van der Waals surface area contributed by atoms with Gasteiger partial charge in [-0.05, 0) is 60.9 Å². The number of nitrogens with zero attached hydrogens (tertiary/aromatic N) is 2. The zero-order chi connectivity index (χ0) is 19.0. The minimum absolute atomic E-state index is 0.125. The number of methoxy groups -OCH3 is 1. The van der Waals surface area contributed by atoms with Crippen LogP contribution < -0.4 is 10.1 Å². The number of halogens is 1. The molecule has 1 aliphatic rings. The number of carbonyl (C=O) groups is 1. The molecule has 1 atom stereocenters. The fraction of sp³-hybridized carbons (Fsp3) is 0.238. The van der Waals surface area contributed by atoms with Crippen LogP contribution >= 0.6 is 11.6 Å². The van der Waals surface area contributed by atoms with E-state index in [2.05, 4.69) is 12.2 Å². The number of anilines is 2. The van der Waals surface area contributed by atoms with Crippen molar-refractivity contribution in [3.63, 3.8) is 0 Å². The molecule has 0 saturated heterocycles. The summed E-state index contributed by atoms with van der Waals surface area (Å²) < 4.78 is 7.05. The number of hydrogen-bond donors (Lipinski definition) is 1. The number of Topliss-reactive ketones (excluding diaryl/α,β-unsaturated/α-hetero) is 1. The molecule has 0 aliphatic heterocycles. The molecule has 0 spiro atoms. The average Bonchev–Trinajstić information content (AvgIpc) is 3.01. The van der Waals surface area contributed by atoms with Crippen molar-refractivity contribution in [3.8, 4) is 11.4 Å². The molecule has 1 aromatic heterocycles. The summed E-state index contributed by atoms with van der Waals surface area (Å²) >= 11 is 6.02. The number of aromatic nitrogens is 2. The second-order valence-electron chi connectivity index (χ2n) is 6.85. The smallest absolute Gasteiger partial charge is 0.168 e. The van der Waals surface area contributed by atoms with Gasteiger partial charge in [-0.15, -0.1) is 5.10 Å². The van der Waals surface area contributed by atoms with Gasteiger partial charge in [-0.1, -0.05) is 18.5 Å². The van der Waals surface area contributed by atoms with Crippen LogP contribution in [0, 0.1) is 5.92 Å². The van der Waals surface area contributed by atoms with Gasteiger partial charge >= 0.3 is 0 Å². The summed E-state index contributed by atoms with van der Waals surface area (Å²) in [4.78, 5) is 12.8. The highest BCUT2D eigenvalue weighted by Crippen LogP contribution is 2.34. The highest BCUT2D eigenvalue weighted by molar-refractivity contribution is 6.30. The Balaban J connectivity index is 1.78. The van der Waals surface area contributed by atoms with E-state index in [4.69, 9.17) is 21.4 Å². The van der Waals surface area contributed by atoms with Gasteiger partial charge in [-0.25, -0.2) is 4.68 Å². The third-order valence-corrected chi connectivity index (χ3v) is 5.01. The van der Waals surface area contributed by atoms with Crippen molar-refractivity contribution >= 4 is 28.9 Å². The fourth-order valence-electron chi connectivity index (χ4n) is 3.45. The largest absolute Gasteiger partial charge is 0.497 e. The van der Waals surface area contributed by atoms with Gasteiger partial charge in [0.05, 0.1) is 24.1 Å². The molecule has 1 heterocycles. The Morgan fingerprint density at radius 1 is 1.11 bits per heavy atom. The number of benzene rings is 2. The van der Waals surface area contributed by atoms with Crippen LogP contribution in [0.4, 0.5) is 11.5 Å². The van der Waals surface area contributed by atoms with Crippen LogP contribution in [-0.4, -0.2) is 22.7 Å². The summed E-state index contributed by atoms with van der Waals surface area (Å²) in [6.45, 7) is 2.09. The first kappa shape index (κ1) is 17.6. The number of carbonyl (C=O) groups excluding carboxylic acids is 1. The Bertz CT molecular complexity index is 978. The summed E-state index contributed by atoms with van der Waals surface area (Å²) in [5, 5.41) is 8.69. The second kappa shape index (κ2) is 7.08. The Hall–Kier alpha value is -2.79. The van der Waals surface area contributed by atoms with E-state index >= 15 is 0 Å². The molecule has 3 aromatic rings. The van der Waals surface area contributed by atoms with E-state index in [0.29, 0.717) is 28.7 Å². The van der Waals surface area contributed by atoms with Gasteiger partial charge in [-0.3, -0.25) is 4.79 Å². The van der Waals surface area contributed by atoms with E-state index in [1.54, 1.807) is 7.11 Å². The van der Waals surface area contributed by atoms with Crippen LogP contribution in [0.2, 0.25) is 5.02 Å². The van der Waals surface area contributed by atoms with Gasteiger partial charge in [0, 0.05) is 17.1 Å². The molecule has 27 heavy (non-hydrogen) atoms. The monoisotopic (exact) mass is 381 g/mol. The molecule has 2 aromatic carbocycles. The lowest BCUT2D eigenvalue weighted by Crippen LogP contribution is -2.19. The summed E-state index contributed by atoms with van der Waals surface area (Å²) in [5.41, 5.74) is 3.36. The van der Waals surface area contributed by atoms with Crippen LogP contribution in [0.3, 0.4) is 0 Å². The molecule has 0 amide bonds. The molecule has 5 nitrogen and oxygen atoms in total. The lowest BCUT2D eigenvalue weighted by molar-refractivity contribution is 0.0953. The predicted octanol–water partition coefficient (Wildman–Crippen LogP) is 5.04. The second-order valence-corrected chi connectivity index (χ2v) is 7.29. The van der Waals surface area contributed by atoms with Gasteiger partial charge < -0.3 is 10.1 Å². The first-order valence-corrected chi connectivity index (χ1v) is 9.25. The first-order chi connectivity index (χ1) is 13.0. The summed E-state index contributed by atoms with van der Waals surface area (Å²) in [6, 6.07) is 15.0. The van der Waals surface area contributed by atoms with E-state index in [0.717, 1.165) is 29.2 Å². The van der Waals surface area contributed by atoms with Crippen LogP contribution in [0.5, 0.6) is 5.75 Å². The van der Waals surface area contributed by atoms with Gasteiger partial charge in [-0.2, -0.15) is 0 Å². The zero-order valence-corrected chi connectivity index (χ0v) is 16.0. The molecule has 0 saturated carbocycles. The number of rotatable bonds is 4. The molecule has 6 heteroatoms. The standard InChI is InChI=1S/C21H20ClN3O2/c1-13-11-18-20(19(26)12-13)21(23-15-5-9-17(27-2)10-6-15)24-25(18)16-7-3-14(22)4-8-16/h3-10,13H,11-12H2,1-2H3,(H,23,24). The van der Waals surface area contributed by atoms with Crippen molar-refractivity contribution in [2.75, 3.05) is 12.4 Å². The molecule has 0 bridgehead atoms. The molecule has 138 valence electrons. The van der Waals surface area contributed by atoms with Crippen LogP contribution in [-0.2, 0) is 6.42 Å². The van der Waals surface area contributed by atoms with Crippen LogP contribution in [0.25, 0.3) is 5.69 Å². The zero-order valence-electron chi connectivity index (χ0n) is 15.2. The van der Waals surface area contributed by atoms with Crippen molar-refractivity contribution in [3.05, 3.63) is 64.8 Å². The van der Waals surface area contributed by atoms with E-state index in [1.807, 2.05) is 53.2 Å². The minimum Gasteiger partial charge on any atom is -0.497 e. The van der Waals surface area contributed by atoms with Crippen molar-refractivity contribution < 1.29 is 9.53 Å². The van der Waals surface area contributed by atoms with E-state index in [-0.39, 0.29) is 5.78 Å². The van der Waals surface area contributed by atoms with Gasteiger partial charge in [0.1, 0.15) is 5.75 Å². The van der Waals surface area contributed by atoms with Crippen molar-refractivity contribution in [1.82, 2.24) is 9.78 Å². The van der Waals surface area contributed by atoms with Gasteiger partial charge in [0.25, 0.3) is 0 Å². The normalized spacial score (nSPS) is 16.1. The first-order valence-electron chi connectivity index (χ1n) is 8.87. The van der Waals surface area contributed by atoms with Gasteiger partial charge in [0.2, 0.25) is 0 Å². The van der Waals surface area contributed by atoms with E-state index in [9.17, 15) is 4.79 Å². The summed E-state index contributed by atoms with van der Waals surface area (Å²) in [6.07, 6.45) is 1.34. The third-order valence-electron chi connectivity index (χ3n) is 4.76. The Kier molecular flexibility index (Phi) is 4.62. The maximum absolute atomic E-state index is 12.8. The number of ether oxygens (including phenoxy) is 1. The Morgan fingerprint density at radius 2 is 1.81 bits per heavy atom. The average molecular weight is 382 g/mol. The minimum atomic E-state index is 0.125. The highest BCUT2D eigenvalue weighted by Gasteiger charge is 2.31. The topological polar surface area (TPSA) is 56.1 Å². The highest BCUT2D eigenvalue weighted by atomic mass is 35.5. The Labute approximate surface area is 162 Å². The molecule has 1 aliphatic carbocycles. The molecular formula is C21H20ClN3O2. The molecule has 1 unspecified atom stereocenters. The lowest BCUT2D eigenvalue weighted by Gasteiger charge is -2.19. The molecular weight excluding hydrogens is 362 g/mol. The lowest BCUT2D eigenvalue weighted by atomic mass is 9.87. The quantitative estimate of drug-likeness (QED) is 0.687. The predicted molar refractivity (Wildman–Crippen MR) is 107 cm³/mol. The summed E-state index contributed by atoms with van der Waals surface area (Å²) in [7, 11) is 1.63. The third kappa shape index (κ3) is 3.43. The van der Waals surface area contributed by atoms with Crippen LogP contribution in [0.15, 0.2) is 48.5 Å². The molecule has 0 fully saturated rings.